The van der Waals surface area contributed by atoms with E-state index >= 15 is 0 Å². The Hall–Kier alpha value is -2.09. The molecule has 1 aromatic rings. The molecule has 2 rings (SSSR count). The zero-order chi connectivity index (χ0) is 18.9. The Bertz CT molecular complexity index is 640. The Morgan fingerprint density at radius 3 is 2.50 bits per heavy atom. The largest absolute Gasteiger partial charge is 0.469 e. The van der Waals surface area contributed by atoms with Crippen LogP contribution in [0.25, 0.3) is 0 Å². The molecule has 0 aromatic heterocycles. The van der Waals surface area contributed by atoms with Gasteiger partial charge in [-0.3, -0.25) is 14.6 Å². The average Bonchev–Trinajstić information content (AvgIpc) is 2.66. The standard InChI is InChI=1S/C18H25BrN4O3/c1-20-18(23-11-8-13(9-12-23)17(25)26-2)21-10-7-16(24)22-15-5-3-14(19)4-6-15/h3-6,13H,7-12H2,1-2H3,(H,20,21)(H,22,24). The second-order valence-electron chi connectivity index (χ2n) is 6.06. The molecule has 1 aromatic carbocycles. The molecule has 8 heteroatoms. The third kappa shape index (κ3) is 6.01. The molecule has 0 radical (unpaired) electrons. The zero-order valence-electron chi connectivity index (χ0n) is 15.1. The number of ether oxygens (including phenoxy) is 1. The van der Waals surface area contributed by atoms with Crippen molar-refractivity contribution in [1.29, 1.82) is 0 Å². The van der Waals surface area contributed by atoms with Gasteiger partial charge in [0.15, 0.2) is 5.96 Å². The SMILES string of the molecule is CN=C(NCCC(=O)Nc1ccc(Br)cc1)N1CCC(C(=O)OC)CC1. The molecule has 0 aliphatic carbocycles. The van der Waals surface area contributed by atoms with Crippen LogP contribution in [0.1, 0.15) is 19.3 Å². The van der Waals surface area contributed by atoms with E-state index in [0.717, 1.165) is 42.1 Å². The van der Waals surface area contributed by atoms with Gasteiger partial charge in [0.25, 0.3) is 0 Å². The molecule has 1 saturated heterocycles. The highest BCUT2D eigenvalue weighted by molar-refractivity contribution is 9.10. The summed E-state index contributed by atoms with van der Waals surface area (Å²) in [6.45, 7) is 1.97. The second-order valence-corrected chi connectivity index (χ2v) is 6.98. The maximum atomic E-state index is 12.0. The lowest BCUT2D eigenvalue weighted by Crippen LogP contribution is -2.47. The average molecular weight is 425 g/mol. The fourth-order valence-corrected chi connectivity index (χ4v) is 3.13. The summed E-state index contributed by atoms with van der Waals surface area (Å²) in [6, 6.07) is 7.46. The molecular weight excluding hydrogens is 400 g/mol. The van der Waals surface area contributed by atoms with E-state index in [4.69, 9.17) is 4.74 Å². The lowest BCUT2D eigenvalue weighted by Gasteiger charge is -2.33. The molecule has 0 saturated carbocycles. The first-order valence-electron chi connectivity index (χ1n) is 8.62. The van der Waals surface area contributed by atoms with E-state index in [1.165, 1.54) is 7.11 Å². The minimum Gasteiger partial charge on any atom is -0.469 e. The second kappa shape index (κ2) is 10.2. The number of guanidine groups is 1. The third-order valence-electron chi connectivity index (χ3n) is 4.30. The van der Waals surface area contributed by atoms with Crippen LogP contribution >= 0.6 is 15.9 Å². The number of hydrogen-bond acceptors (Lipinski definition) is 4. The molecular formula is C18H25BrN4O3. The number of anilines is 1. The lowest BCUT2D eigenvalue weighted by molar-refractivity contribution is -0.146. The summed E-state index contributed by atoms with van der Waals surface area (Å²) in [6.07, 6.45) is 1.84. The summed E-state index contributed by atoms with van der Waals surface area (Å²) < 4.78 is 5.78. The van der Waals surface area contributed by atoms with Gasteiger partial charge in [-0.1, -0.05) is 15.9 Å². The number of likely N-dealkylation sites (tertiary alicyclic amines) is 1. The van der Waals surface area contributed by atoms with Crippen LogP contribution in [0.5, 0.6) is 0 Å². The molecule has 0 spiro atoms. The van der Waals surface area contributed by atoms with Crippen molar-refractivity contribution in [2.45, 2.75) is 19.3 Å². The number of rotatable bonds is 5. The number of amides is 1. The van der Waals surface area contributed by atoms with Crippen LogP contribution in [-0.2, 0) is 14.3 Å². The summed E-state index contributed by atoms with van der Waals surface area (Å²) in [4.78, 5) is 30.0. The summed E-state index contributed by atoms with van der Waals surface area (Å²) in [5.41, 5.74) is 0.771. The first-order valence-corrected chi connectivity index (χ1v) is 9.41. The molecule has 142 valence electrons. The Morgan fingerprint density at radius 1 is 1.27 bits per heavy atom. The van der Waals surface area contributed by atoms with Gasteiger partial charge < -0.3 is 20.3 Å². The maximum Gasteiger partial charge on any atom is 0.308 e. The Labute approximate surface area is 162 Å². The van der Waals surface area contributed by atoms with Gasteiger partial charge in [-0.05, 0) is 37.1 Å². The van der Waals surface area contributed by atoms with Crippen LogP contribution in [-0.4, -0.2) is 56.5 Å². The van der Waals surface area contributed by atoms with Crippen molar-refractivity contribution in [2.24, 2.45) is 10.9 Å². The monoisotopic (exact) mass is 424 g/mol. The summed E-state index contributed by atoms with van der Waals surface area (Å²) in [7, 11) is 3.14. The minimum absolute atomic E-state index is 0.0361. The fourth-order valence-electron chi connectivity index (χ4n) is 2.87. The lowest BCUT2D eigenvalue weighted by atomic mass is 9.97. The highest BCUT2D eigenvalue weighted by Crippen LogP contribution is 2.18. The smallest absolute Gasteiger partial charge is 0.308 e. The van der Waals surface area contributed by atoms with Crippen molar-refractivity contribution in [3.63, 3.8) is 0 Å². The van der Waals surface area contributed by atoms with Crippen molar-refractivity contribution in [1.82, 2.24) is 10.2 Å². The predicted octanol–water partition coefficient (Wildman–Crippen LogP) is 2.24. The topological polar surface area (TPSA) is 83.0 Å². The van der Waals surface area contributed by atoms with Crippen LogP contribution in [0.15, 0.2) is 33.7 Å². The zero-order valence-corrected chi connectivity index (χ0v) is 16.7. The number of hydrogen-bond donors (Lipinski definition) is 2. The molecule has 7 nitrogen and oxygen atoms in total. The van der Waals surface area contributed by atoms with Gasteiger partial charge >= 0.3 is 5.97 Å². The summed E-state index contributed by atoms with van der Waals surface area (Å²) in [5.74, 6) is 0.521. The molecule has 1 fully saturated rings. The van der Waals surface area contributed by atoms with Crippen molar-refractivity contribution < 1.29 is 14.3 Å². The molecule has 1 heterocycles. The molecule has 0 unspecified atom stereocenters. The van der Waals surface area contributed by atoms with E-state index in [0.29, 0.717) is 13.0 Å². The van der Waals surface area contributed by atoms with E-state index in [-0.39, 0.29) is 17.8 Å². The highest BCUT2D eigenvalue weighted by atomic mass is 79.9. The molecule has 1 aliphatic heterocycles. The maximum absolute atomic E-state index is 12.0. The number of esters is 1. The van der Waals surface area contributed by atoms with Gasteiger partial charge in [-0.2, -0.15) is 0 Å². The number of nitrogens with one attached hydrogen (secondary N) is 2. The molecule has 0 atom stereocenters. The van der Waals surface area contributed by atoms with Gasteiger partial charge in [-0.25, -0.2) is 0 Å². The van der Waals surface area contributed by atoms with E-state index in [1.807, 2.05) is 24.3 Å². The van der Waals surface area contributed by atoms with Crippen molar-refractivity contribution in [3.05, 3.63) is 28.7 Å². The number of benzene rings is 1. The number of halogens is 1. The predicted molar refractivity (Wildman–Crippen MR) is 105 cm³/mol. The number of carbonyl (C=O) groups is 2. The van der Waals surface area contributed by atoms with E-state index in [2.05, 4.69) is 36.5 Å². The Kier molecular flexibility index (Phi) is 7.90. The number of carbonyl (C=O) groups excluding carboxylic acids is 2. The fraction of sp³-hybridized carbons (Fsp3) is 0.500. The highest BCUT2D eigenvalue weighted by Gasteiger charge is 2.26. The Balaban J connectivity index is 1.73. The van der Waals surface area contributed by atoms with E-state index in [9.17, 15) is 9.59 Å². The number of piperidine rings is 1. The van der Waals surface area contributed by atoms with Gasteiger partial charge in [0.2, 0.25) is 5.91 Å². The minimum atomic E-state index is -0.141. The van der Waals surface area contributed by atoms with Gasteiger partial charge in [-0.15, -0.1) is 0 Å². The molecule has 0 bridgehead atoms. The van der Waals surface area contributed by atoms with Gasteiger partial charge in [0.05, 0.1) is 13.0 Å². The molecule has 2 N–H and O–H groups in total. The Morgan fingerprint density at radius 2 is 1.92 bits per heavy atom. The van der Waals surface area contributed by atoms with Crippen molar-refractivity contribution in [2.75, 3.05) is 39.1 Å². The van der Waals surface area contributed by atoms with Crippen LogP contribution < -0.4 is 10.6 Å². The number of methoxy groups -OCH3 is 1. The molecule has 1 aliphatic rings. The summed E-state index contributed by atoms with van der Waals surface area (Å²) in [5, 5.41) is 6.07. The first-order chi connectivity index (χ1) is 12.5. The number of nitrogens with zero attached hydrogens (tertiary/aromatic N) is 2. The van der Waals surface area contributed by atoms with Crippen LogP contribution in [0.4, 0.5) is 5.69 Å². The quantitative estimate of drug-likeness (QED) is 0.430. The van der Waals surface area contributed by atoms with Gasteiger partial charge in [0, 0.05) is 43.3 Å². The number of aliphatic imine (C=N–C) groups is 1. The normalized spacial score (nSPS) is 15.5. The van der Waals surface area contributed by atoms with Crippen molar-refractivity contribution >= 4 is 39.5 Å². The van der Waals surface area contributed by atoms with Crippen LogP contribution in [0.3, 0.4) is 0 Å². The van der Waals surface area contributed by atoms with Crippen LogP contribution in [0, 0.1) is 5.92 Å². The molecule has 26 heavy (non-hydrogen) atoms. The van der Waals surface area contributed by atoms with Crippen LogP contribution in [0.2, 0.25) is 0 Å². The van der Waals surface area contributed by atoms with E-state index < -0.39 is 0 Å². The van der Waals surface area contributed by atoms with Gasteiger partial charge in [0.1, 0.15) is 0 Å². The first kappa shape index (κ1) is 20.2. The van der Waals surface area contributed by atoms with Crippen molar-refractivity contribution in [3.8, 4) is 0 Å². The molecule has 1 amide bonds. The third-order valence-corrected chi connectivity index (χ3v) is 4.83. The van der Waals surface area contributed by atoms with E-state index in [1.54, 1.807) is 7.05 Å². The summed E-state index contributed by atoms with van der Waals surface area (Å²) >= 11 is 3.36.